The van der Waals surface area contributed by atoms with Crippen LogP contribution in [0.3, 0.4) is 0 Å². The van der Waals surface area contributed by atoms with E-state index in [0.717, 1.165) is 11.8 Å². The van der Waals surface area contributed by atoms with E-state index in [1.54, 1.807) is 18.2 Å². The van der Waals surface area contributed by atoms with E-state index < -0.39 is 11.6 Å². The van der Waals surface area contributed by atoms with E-state index >= 15 is 0 Å². The predicted molar refractivity (Wildman–Crippen MR) is 84.0 cm³/mol. The lowest BCUT2D eigenvalue weighted by molar-refractivity contribution is -0.113. The number of benzene rings is 1. The molecule has 1 aromatic carbocycles. The van der Waals surface area contributed by atoms with E-state index in [2.05, 4.69) is 0 Å². The van der Waals surface area contributed by atoms with Gasteiger partial charge >= 0.3 is 0 Å². The highest BCUT2D eigenvalue weighted by Crippen LogP contribution is 2.37. The van der Waals surface area contributed by atoms with Crippen molar-refractivity contribution in [3.8, 4) is 5.75 Å². The van der Waals surface area contributed by atoms with Gasteiger partial charge in [0.25, 0.3) is 0 Å². The summed E-state index contributed by atoms with van der Waals surface area (Å²) < 4.78 is 5.31. The van der Waals surface area contributed by atoms with Gasteiger partial charge in [0, 0.05) is 37.5 Å². The number of ketones is 2. The minimum absolute atomic E-state index is 0.0660. The highest BCUT2D eigenvalue weighted by atomic mass is 35.5. The molecule has 0 heterocycles. The first kappa shape index (κ1) is 15.6. The molecule has 0 aromatic heterocycles. The third-order valence-electron chi connectivity index (χ3n) is 3.11. The molecule has 0 atom stereocenters. The van der Waals surface area contributed by atoms with Crippen LogP contribution in [0, 0.1) is 0 Å². The summed E-state index contributed by atoms with van der Waals surface area (Å²) in [6.45, 7) is 0. The summed E-state index contributed by atoms with van der Waals surface area (Å²) in [5, 5.41) is -0.307. The maximum Gasteiger partial charge on any atom is 0.206 e. The molecule has 0 spiro atoms. The van der Waals surface area contributed by atoms with Crippen LogP contribution >= 0.6 is 23.2 Å². The molecule has 2 rings (SSSR count). The molecule has 1 aliphatic rings. The molecule has 0 fully saturated rings. The molecular weight excluding hydrogens is 313 g/mol. The lowest BCUT2D eigenvalue weighted by Gasteiger charge is -2.18. The lowest BCUT2D eigenvalue weighted by atomic mass is 9.94. The quantitative estimate of drug-likeness (QED) is 0.801. The topological polar surface area (TPSA) is 46.6 Å². The molecule has 0 saturated carbocycles. The minimum atomic E-state index is -0.491. The highest BCUT2D eigenvalue weighted by Gasteiger charge is 2.29. The average molecular weight is 326 g/mol. The second-order valence-electron chi connectivity index (χ2n) is 4.65. The van der Waals surface area contributed by atoms with E-state index in [9.17, 15) is 9.59 Å². The van der Waals surface area contributed by atoms with Crippen molar-refractivity contribution >= 4 is 46.0 Å². The average Bonchev–Trinajstić information content (AvgIpc) is 2.45. The maximum atomic E-state index is 12.2. The maximum absolute atomic E-state index is 12.2. The van der Waals surface area contributed by atoms with E-state index in [1.807, 2.05) is 19.0 Å². The van der Waals surface area contributed by atoms with E-state index in [4.69, 9.17) is 27.9 Å². The van der Waals surface area contributed by atoms with Crippen LogP contribution in [0.25, 0.3) is 5.57 Å². The number of carbonyl (C=O) groups excluding carboxylic acids is 2. The van der Waals surface area contributed by atoms with Gasteiger partial charge in [0.15, 0.2) is 5.78 Å². The van der Waals surface area contributed by atoms with Gasteiger partial charge in [0.1, 0.15) is 5.75 Å². The number of Topliss-reactive ketones (excluding diaryl/α,β-unsaturated/α-hetero) is 1. The van der Waals surface area contributed by atoms with E-state index in [1.165, 1.54) is 7.11 Å². The van der Waals surface area contributed by atoms with E-state index in [-0.39, 0.29) is 15.6 Å². The molecule has 0 N–H and O–H groups in total. The minimum Gasteiger partial charge on any atom is -0.496 e. The second kappa shape index (κ2) is 5.92. The summed E-state index contributed by atoms with van der Waals surface area (Å²) in [4.78, 5) is 25.9. The van der Waals surface area contributed by atoms with Crippen molar-refractivity contribution in [2.45, 2.75) is 0 Å². The third kappa shape index (κ3) is 2.82. The van der Waals surface area contributed by atoms with Crippen LogP contribution < -0.4 is 9.64 Å². The van der Waals surface area contributed by atoms with Gasteiger partial charge in [-0.1, -0.05) is 23.2 Å². The van der Waals surface area contributed by atoms with Crippen LogP contribution in [0.5, 0.6) is 5.75 Å². The summed E-state index contributed by atoms with van der Waals surface area (Å²) in [7, 11) is 5.25. The van der Waals surface area contributed by atoms with E-state index in [0.29, 0.717) is 11.3 Å². The van der Waals surface area contributed by atoms with Crippen molar-refractivity contribution in [2.24, 2.45) is 0 Å². The Bertz CT molecular complexity index is 690. The number of hydrogen-bond acceptors (Lipinski definition) is 4. The Labute approximate surface area is 132 Å². The van der Waals surface area contributed by atoms with Crippen LogP contribution in [-0.2, 0) is 9.59 Å². The number of allylic oxidation sites excluding steroid dienone is 4. The highest BCUT2D eigenvalue weighted by molar-refractivity contribution is 6.61. The summed E-state index contributed by atoms with van der Waals surface area (Å²) >= 11 is 11.8. The molecule has 0 aliphatic heterocycles. The Morgan fingerprint density at radius 3 is 2.38 bits per heavy atom. The largest absolute Gasteiger partial charge is 0.496 e. The molecule has 0 amide bonds. The Morgan fingerprint density at radius 1 is 1.14 bits per heavy atom. The zero-order valence-electron chi connectivity index (χ0n) is 11.7. The fourth-order valence-electron chi connectivity index (χ4n) is 1.99. The van der Waals surface area contributed by atoms with Gasteiger partial charge in [-0.15, -0.1) is 0 Å². The van der Waals surface area contributed by atoms with Crippen LogP contribution in [0.15, 0.2) is 34.3 Å². The molecule has 0 bridgehead atoms. The first-order chi connectivity index (χ1) is 9.86. The smallest absolute Gasteiger partial charge is 0.206 e. The number of nitrogens with zero attached hydrogens (tertiary/aromatic N) is 1. The Morgan fingerprint density at radius 2 is 1.81 bits per heavy atom. The molecule has 110 valence electrons. The van der Waals surface area contributed by atoms with Gasteiger partial charge in [0.05, 0.1) is 22.7 Å². The van der Waals surface area contributed by atoms with Crippen LogP contribution in [0.1, 0.15) is 5.56 Å². The Kier molecular flexibility index (Phi) is 4.40. The predicted octanol–water partition coefficient (Wildman–Crippen LogP) is 2.99. The van der Waals surface area contributed by atoms with Crippen molar-refractivity contribution in [1.82, 2.24) is 0 Å². The van der Waals surface area contributed by atoms with Crippen LogP contribution in [0.2, 0.25) is 0 Å². The first-order valence-corrected chi connectivity index (χ1v) is 6.84. The second-order valence-corrected chi connectivity index (χ2v) is 5.44. The third-order valence-corrected chi connectivity index (χ3v) is 3.76. The molecule has 0 radical (unpaired) electrons. The van der Waals surface area contributed by atoms with Crippen LogP contribution in [-0.4, -0.2) is 32.8 Å². The van der Waals surface area contributed by atoms with Crippen molar-refractivity contribution in [2.75, 3.05) is 26.1 Å². The number of carbonyl (C=O) groups is 2. The number of ether oxygens (including phenoxy) is 1. The Hall–Kier alpha value is -1.78. The molecule has 1 aliphatic carbocycles. The molecule has 0 unspecified atom stereocenters. The lowest BCUT2D eigenvalue weighted by Crippen LogP contribution is -2.15. The van der Waals surface area contributed by atoms with Gasteiger partial charge in [-0.05, 0) is 12.1 Å². The molecular formula is C15H13Cl2NO3. The van der Waals surface area contributed by atoms with Gasteiger partial charge in [0.2, 0.25) is 5.78 Å². The summed E-state index contributed by atoms with van der Waals surface area (Å²) in [5.74, 6) is -0.533. The summed E-state index contributed by atoms with van der Waals surface area (Å²) in [5.41, 5.74) is 1.40. The zero-order valence-corrected chi connectivity index (χ0v) is 13.2. The number of halogens is 2. The van der Waals surface area contributed by atoms with Gasteiger partial charge in [-0.2, -0.15) is 0 Å². The zero-order chi connectivity index (χ0) is 15.7. The van der Waals surface area contributed by atoms with Crippen molar-refractivity contribution in [1.29, 1.82) is 0 Å². The van der Waals surface area contributed by atoms with Crippen molar-refractivity contribution in [3.05, 3.63) is 39.9 Å². The fourth-order valence-corrected chi connectivity index (χ4v) is 2.43. The molecule has 6 heteroatoms. The van der Waals surface area contributed by atoms with Crippen molar-refractivity contribution < 1.29 is 14.3 Å². The monoisotopic (exact) mass is 325 g/mol. The number of anilines is 1. The van der Waals surface area contributed by atoms with Gasteiger partial charge in [-0.25, -0.2) is 0 Å². The van der Waals surface area contributed by atoms with Gasteiger partial charge < -0.3 is 9.64 Å². The number of methoxy groups -OCH3 is 1. The van der Waals surface area contributed by atoms with Crippen LogP contribution in [0.4, 0.5) is 5.69 Å². The number of hydrogen-bond donors (Lipinski definition) is 0. The summed E-state index contributed by atoms with van der Waals surface area (Å²) in [6, 6.07) is 5.25. The SMILES string of the molecule is COc1cc(N(C)C)ccc1C1=C(Cl)C(=O)C=C(Cl)C1=O. The molecule has 0 saturated heterocycles. The van der Waals surface area contributed by atoms with Crippen molar-refractivity contribution in [3.63, 3.8) is 0 Å². The molecule has 1 aromatic rings. The fraction of sp³-hybridized carbons (Fsp3) is 0.200. The first-order valence-electron chi connectivity index (χ1n) is 6.08. The normalized spacial score (nSPS) is 15.2. The van der Waals surface area contributed by atoms with Gasteiger partial charge in [-0.3, -0.25) is 9.59 Å². The standard InChI is InChI=1S/C15H13Cl2NO3/c1-18(2)8-4-5-9(12(6-8)21-3)13-14(17)11(19)7-10(16)15(13)20/h4-7H,1-3H3. The Balaban J connectivity index is 2.63. The number of rotatable bonds is 3. The summed E-state index contributed by atoms with van der Waals surface area (Å²) in [6.07, 6.45) is 1.02. The molecule has 4 nitrogen and oxygen atoms in total. The molecule has 21 heavy (non-hydrogen) atoms.